The Morgan fingerprint density at radius 3 is 2.93 bits per heavy atom. The summed E-state index contributed by atoms with van der Waals surface area (Å²) in [4.78, 5) is 0. The summed E-state index contributed by atoms with van der Waals surface area (Å²) < 4.78 is 5.40. The van der Waals surface area contributed by atoms with E-state index in [1.807, 2.05) is 0 Å². The fraction of sp³-hybridized carbons (Fsp3) is 0.846. The van der Waals surface area contributed by atoms with E-state index >= 15 is 0 Å². The Kier molecular flexibility index (Phi) is 7.58. The largest absolute Gasteiger partial charge is 0.380 e. The third kappa shape index (κ3) is 6.69. The number of rotatable bonds is 8. The molecule has 0 aromatic heterocycles. The molecule has 0 aliphatic heterocycles. The minimum absolute atomic E-state index is 0.854. The van der Waals surface area contributed by atoms with Gasteiger partial charge in [-0.15, -0.1) is 0 Å². The van der Waals surface area contributed by atoms with Gasteiger partial charge in [-0.1, -0.05) is 18.6 Å². The zero-order valence-electron chi connectivity index (χ0n) is 10.1. The molecule has 2 heteroatoms. The van der Waals surface area contributed by atoms with Gasteiger partial charge in [-0.3, -0.25) is 0 Å². The van der Waals surface area contributed by atoms with Gasteiger partial charge in [0.15, 0.2) is 0 Å². The zero-order chi connectivity index (χ0) is 10.8. The Balaban J connectivity index is 1.86. The van der Waals surface area contributed by atoms with Crippen molar-refractivity contribution in [2.45, 2.75) is 45.4 Å². The lowest BCUT2D eigenvalue weighted by atomic mass is 9.97. The van der Waals surface area contributed by atoms with Crippen LogP contribution in [0.2, 0.25) is 0 Å². The van der Waals surface area contributed by atoms with Gasteiger partial charge >= 0.3 is 0 Å². The van der Waals surface area contributed by atoms with Gasteiger partial charge in [0.1, 0.15) is 0 Å². The molecule has 0 aromatic carbocycles. The molecule has 88 valence electrons. The van der Waals surface area contributed by atoms with E-state index in [1.54, 1.807) is 5.57 Å². The summed E-state index contributed by atoms with van der Waals surface area (Å²) in [6.07, 6.45) is 10.2. The van der Waals surface area contributed by atoms with Gasteiger partial charge < -0.3 is 10.1 Å². The van der Waals surface area contributed by atoms with Gasteiger partial charge in [-0.2, -0.15) is 0 Å². The summed E-state index contributed by atoms with van der Waals surface area (Å²) in [6, 6.07) is 0. The number of hydrogen-bond donors (Lipinski definition) is 1. The van der Waals surface area contributed by atoms with Crippen molar-refractivity contribution in [3.63, 3.8) is 0 Å². The molecular formula is C13H25NO. The fourth-order valence-electron chi connectivity index (χ4n) is 1.90. The van der Waals surface area contributed by atoms with Crippen molar-refractivity contribution in [2.24, 2.45) is 0 Å². The van der Waals surface area contributed by atoms with Crippen LogP contribution < -0.4 is 5.32 Å². The van der Waals surface area contributed by atoms with Gasteiger partial charge in [0, 0.05) is 13.2 Å². The molecule has 0 bridgehead atoms. The van der Waals surface area contributed by atoms with Crippen molar-refractivity contribution < 1.29 is 4.74 Å². The molecule has 0 aromatic rings. The molecular weight excluding hydrogens is 186 g/mol. The zero-order valence-corrected chi connectivity index (χ0v) is 10.1. The Labute approximate surface area is 94.1 Å². The molecule has 0 atom stereocenters. The van der Waals surface area contributed by atoms with Gasteiger partial charge in [-0.25, -0.2) is 0 Å². The number of ether oxygens (including phenoxy) is 1. The molecule has 0 saturated carbocycles. The fourth-order valence-corrected chi connectivity index (χ4v) is 1.90. The van der Waals surface area contributed by atoms with E-state index in [0.717, 1.165) is 32.7 Å². The highest BCUT2D eigenvalue weighted by Crippen LogP contribution is 2.19. The van der Waals surface area contributed by atoms with Crippen LogP contribution in [0.4, 0.5) is 0 Å². The molecule has 0 spiro atoms. The predicted molar refractivity (Wildman–Crippen MR) is 65.1 cm³/mol. The van der Waals surface area contributed by atoms with E-state index in [1.165, 1.54) is 32.1 Å². The van der Waals surface area contributed by atoms with Gasteiger partial charge in [-0.05, 0) is 45.1 Å². The Morgan fingerprint density at radius 2 is 2.20 bits per heavy atom. The van der Waals surface area contributed by atoms with E-state index in [2.05, 4.69) is 18.3 Å². The molecule has 1 rings (SSSR count). The number of allylic oxidation sites excluding steroid dienone is 1. The maximum Gasteiger partial charge on any atom is 0.0590 e. The Morgan fingerprint density at radius 1 is 1.27 bits per heavy atom. The van der Waals surface area contributed by atoms with Crippen molar-refractivity contribution in [1.82, 2.24) is 5.32 Å². The summed E-state index contributed by atoms with van der Waals surface area (Å²) in [5.41, 5.74) is 1.66. The molecule has 0 fully saturated rings. The maximum atomic E-state index is 5.40. The van der Waals surface area contributed by atoms with Crippen molar-refractivity contribution in [3.8, 4) is 0 Å². The van der Waals surface area contributed by atoms with Gasteiger partial charge in [0.25, 0.3) is 0 Å². The summed E-state index contributed by atoms with van der Waals surface area (Å²) >= 11 is 0. The quantitative estimate of drug-likeness (QED) is 0.492. The first-order chi connectivity index (χ1) is 7.43. The first-order valence-corrected chi connectivity index (χ1v) is 6.40. The van der Waals surface area contributed by atoms with Gasteiger partial charge in [0.05, 0.1) is 6.61 Å². The second kappa shape index (κ2) is 8.93. The van der Waals surface area contributed by atoms with E-state index in [9.17, 15) is 0 Å². The van der Waals surface area contributed by atoms with E-state index in [0.29, 0.717) is 0 Å². The predicted octanol–water partition coefficient (Wildman–Crippen LogP) is 2.89. The summed E-state index contributed by atoms with van der Waals surface area (Å²) in [7, 11) is 0. The van der Waals surface area contributed by atoms with Crippen molar-refractivity contribution in [1.29, 1.82) is 0 Å². The van der Waals surface area contributed by atoms with Gasteiger partial charge in [0.2, 0.25) is 0 Å². The monoisotopic (exact) mass is 211 g/mol. The van der Waals surface area contributed by atoms with E-state index in [4.69, 9.17) is 4.74 Å². The summed E-state index contributed by atoms with van der Waals surface area (Å²) in [5, 5.41) is 3.43. The minimum Gasteiger partial charge on any atom is -0.380 e. The lowest BCUT2D eigenvalue weighted by Crippen LogP contribution is -2.21. The topological polar surface area (TPSA) is 21.3 Å². The second-order valence-electron chi connectivity index (χ2n) is 4.22. The Bertz CT molecular complexity index is 177. The first kappa shape index (κ1) is 12.7. The molecule has 0 radical (unpaired) electrons. The minimum atomic E-state index is 0.854. The Hall–Kier alpha value is -0.340. The third-order valence-corrected chi connectivity index (χ3v) is 2.78. The van der Waals surface area contributed by atoms with E-state index in [-0.39, 0.29) is 0 Å². The van der Waals surface area contributed by atoms with Crippen LogP contribution in [0.15, 0.2) is 11.6 Å². The smallest absolute Gasteiger partial charge is 0.0590 e. The molecule has 2 nitrogen and oxygen atoms in total. The molecule has 1 N–H and O–H groups in total. The van der Waals surface area contributed by atoms with Crippen LogP contribution in [-0.2, 0) is 4.74 Å². The normalized spacial score (nSPS) is 16.5. The second-order valence-corrected chi connectivity index (χ2v) is 4.22. The first-order valence-electron chi connectivity index (χ1n) is 6.40. The summed E-state index contributed by atoms with van der Waals surface area (Å²) in [5.74, 6) is 0. The van der Waals surface area contributed by atoms with Crippen molar-refractivity contribution in [3.05, 3.63) is 11.6 Å². The van der Waals surface area contributed by atoms with E-state index < -0.39 is 0 Å². The lowest BCUT2D eigenvalue weighted by molar-refractivity contribution is 0.136. The van der Waals surface area contributed by atoms with Crippen LogP contribution in [0.1, 0.15) is 45.4 Å². The van der Waals surface area contributed by atoms with Crippen LogP contribution in [0.5, 0.6) is 0 Å². The molecule has 1 aliphatic rings. The van der Waals surface area contributed by atoms with Crippen LogP contribution in [-0.4, -0.2) is 26.3 Å². The molecule has 0 heterocycles. The van der Waals surface area contributed by atoms with Crippen LogP contribution in [0, 0.1) is 0 Å². The number of hydrogen-bond acceptors (Lipinski definition) is 2. The highest BCUT2D eigenvalue weighted by atomic mass is 16.5. The standard InChI is InChI=1S/C13H25NO/c1-2-11-15-12-10-14-9-8-13-6-4-3-5-7-13/h6,14H,2-5,7-12H2,1H3. The van der Waals surface area contributed by atoms with Crippen LogP contribution in [0.3, 0.4) is 0 Å². The molecule has 0 amide bonds. The van der Waals surface area contributed by atoms with Crippen LogP contribution in [0.25, 0.3) is 0 Å². The number of nitrogens with one attached hydrogen (secondary N) is 1. The molecule has 1 aliphatic carbocycles. The highest BCUT2D eigenvalue weighted by Gasteiger charge is 2.02. The molecule has 15 heavy (non-hydrogen) atoms. The van der Waals surface area contributed by atoms with Crippen LogP contribution >= 0.6 is 0 Å². The third-order valence-electron chi connectivity index (χ3n) is 2.78. The summed E-state index contributed by atoms with van der Waals surface area (Å²) in [6.45, 7) is 6.00. The highest BCUT2D eigenvalue weighted by molar-refractivity contribution is 5.04. The average molecular weight is 211 g/mol. The van der Waals surface area contributed by atoms with Crippen molar-refractivity contribution >= 4 is 0 Å². The van der Waals surface area contributed by atoms with Crippen molar-refractivity contribution in [2.75, 3.05) is 26.3 Å². The SMILES string of the molecule is CCCOCCNCCC1=CCCCC1. The average Bonchev–Trinajstić information content (AvgIpc) is 2.29. The molecule has 0 unspecified atom stereocenters. The molecule has 0 saturated heterocycles. The maximum absolute atomic E-state index is 5.40. The lowest BCUT2D eigenvalue weighted by Gasteiger charge is -2.12.